The smallest absolute Gasteiger partial charge is 0.161 e. The van der Waals surface area contributed by atoms with Gasteiger partial charge < -0.3 is 14.8 Å². The molecule has 0 spiro atoms. The molecular weight excluding hydrogens is 238 g/mol. The van der Waals surface area contributed by atoms with Crippen molar-refractivity contribution in [3.05, 3.63) is 36.9 Å². The monoisotopic (exact) mass is 263 g/mol. The highest BCUT2D eigenvalue weighted by molar-refractivity contribution is 5.39. The van der Waals surface area contributed by atoms with Gasteiger partial charge in [-0.15, -0.1) is 6.58 Å². The fourth-order valence-electron chi connectivity index (χ4n) is 1.66. The van der Waals surface area contributed by atoms with Crippen molar-refractivity contribution in [2.24, 2.45) is 0 Å². The summed E-state index contributed by atoms with van der Waals surface area (Å²) in [5.74, 6) is 1.65. The fraction of sp³-hybridized carbons (Fsp3) is 0.500. The van der Waals surface area contributed by atoms with Crippen LogP contribution in [0.15, 0.2) is 36.9 Å². The van der Waals surface area contributed by atoms with Gasteiger partial charge in [0.25, 0.3) is 0 Å². The van der Waals surface area contributed by atoms with Crippen molar-refractivity contribution in [2.45, 2.75) is 32.8 Å². The van der Waals surface area contributed by atoms with Gasteiger partial charge in [-0.25, -0.2) is 0 Å². The van der Waals surface area contributed by atoms with E-state index in [0.717, 1.165) is 37.4 Å². The Morgan fingerprint density at radius 3 is 2.63 bits per heavy atom. The minimum absolute atomic E-state index is 0.160. The molecule has 3 nitrogen and oxygen atoms in total. The van der Waals surface area contributed by atoms with Gasteiger partial charge in [0, 0.05) is 6.54 Å². The Bertz CT molecular complexity index is 364. The van der Waals surface area contributed by atoms with E-state index < -0.39 is 0 Å². The van der Waals surface area contributed by atoms with Gasteiger partial charge in [-0.3, -0.25) is 0 Å². The normalized spacial score (nSPS) is 10.5. The zero-order valence-electron chi connectivity index (χ0n) is 12.0. The SMILES string of the molecule is C=CCNCCCCOc1ccccc1OC(C)C. The number of nitrogens with one attached hydrogen (secondary N) is 1. The van der Waals surface area contributed by atoms with E-state index in [0.29, 0.717) is 6.61 Å². The summed E-state index contributed by atoms with van der Waals surface area (Å²) in [6.45, 7) is 10.3. The largest absolute Gasteiger partial charge is 0.490 e. The quantitative estimate of drug-likeness (QED) is 0.518. The summed E-state index contributed by atoms with van der Waals surface area (Å²) < 4.78 is 11.5. The van der Waals surface area contributed by atoms with Crippen LogP contribution in [0.5, 0.6) is 11.5 Å². The first-order valence-electron chi connectivity index (χ1n) is 6.94. The average Bonchev–Trinajstić information content (AvgIpc) is 2.39. The predicted octanol–water partition coefficient (Wildman–Crippen LogP) is 3.41. The third-order valence-electron chi connectivity index (χ3n) is 2.51. The standard InChI is InChI=1S/C16H25NO2/c1-4-11-17-12-7-8-13-18-15-9-5-6-10-16(15)19-14(2)3/h4-6,9-10,14,17H,1,7-8,11-13H2,2-3H3. The van der Waals surface area contributed by atoms with Crippen LogP contribution in [0.4, 0.5) is 0 Å². The van der Waals surface area contributed by atoms with E-state index in [9.17, 15) is 0 Å². The van der Waals surface area contributed by atoms with Crippen molar-refractivity contribution in [1.82, 2.24) is 5.32 Å². The highest BCUT2D eigenvalue weighted by Gasteiger charge is 2.05. The summed E-state index contributed by atoms with van der Waals surface area (Å²) in [6, 6.07) is 7.83. The van der Waals surface area contributed by atoms with Crippen LogP contribution in [0.3, 0.4) is 0 Å². The minimum Gasteiger partial charge on any atom is -0.490 e. The molecule has 0 radical (unpaired) electrons. The molecule has 0 aliphatic rings. The molecule has 0 aliphatic carbocycles. The molecule has 0 saturated carbocycles. The molecule has 1 aromatic rings. The summed E-state index contributed by atoms with van der Waals surface area (Å²) in [6.07, 6.45) is 4.16. The first-order chi connectivity index (χ1) is 9.24. The van der Waals surface area contributed by atoms with Gasteiger partial charge in [0.2, 0.25) is 0 Å². The lowest BCUT2D eigenvalue weighted by Gasteiger charge is -2.14. The van der Waals surface area contributed by atoms with E-state index >= 15 is 0 Å². The van der Waals surface area contributed by atoms with Crippen molar-refractivity contribution in [1.29, 1.82) is 0 Å². The molecule has 0 heterocycles. The van der Waals surface area contributed by atoms with Crippen LogP contribution in [-0.2, 0) is 0 Å². The lowest BCUT2D eigenvalue weighted by atomic mass is 10.3. The Morgan fingerprint density at radius 1 is 1.21 bits per heavy atom. The molecule has 0 amide bonds. The van der Waals surface area contributed by atoms with Crippen molar-refractivity contribution >= 4 is 0 Å². The molecule has 1 aromatic carbocycles. The Balaban J connectivity index is 2.26. The third kappa shape index (κ3) is 6.87. The molecule has 0 aliphatic heterocycles. The summed E-state index contributed by atoms with van der Waals surface area (Å²) in [5, 5.41) is 3.27. The molecule has 0 bridgehead atoms. The van der Waals surface area contributed by atoms with Crippen LogP contribution in [0, 0.1) is 0 Å². The maximum atomic E-state index is 5.77. The van der Waals surface area contributed by atoms with E-state index in [1.165, 1.54) is 0 Å². The van der Waals surface area contributed by atoms with Crippen LogP contribution in [0.1, 0.15) is 26.7 Å². The molecule has 19 heavy (non-hydrogen) atoms. The third-order valence-corrected chi connectivity index (χ3v) is 2.51. The molecule has 0 saturated heterocycles. The molecule has 0 atom stereocenters. The van der Waals surface area contributed by atoms with Gasteiger partial charge in [0.1, 0.15) is 0 Å². The molecular formula is C16H25NO2. The summed E-state index contributed by atoms with van der Waals surface area (Å²) in [7, 11) is 0. The number of benzene rings is 1. The second-order valence-electron chi connectivity index (χ2n) is 4.66. The zero-order valence-corrected chi connectivity index (χ0v) is 12.0. The Morgan fingerprint density at radius 2 is 1.95 bits per heavy atom. The van der Waals surface area contributed by atoms with Gasteiger partial charge in [-0.2, -0.15) is 0 Å². The average molecular weight is 263 g/mol. The first-order valence-corrected chi connectivity index (χ1v) is 6.94. The maximum Gasteiger partial charge on any atom is 0.161 e. The van der Waals surface area contributed by atoms with E-state index in [2.05, 4.69) is 11.9 Å². The Kier molecular flexibility index (Phi) is 7.75. The highest BCUT2D eigenvalue weighted by Crippen LogP contribution is 2.27. The highest BCUT2D eigenvalue weighted by atomic mass is 16.5. The van der Waals surface area contributed by atoms with E-state index in [4.69, 9.17) is 9.47 Å². The molecule has 1 rings (SSSR count). The Labute approximate surface area is 116 Å². The van der Waals surface area contributed by atoms with Gasteiger partial charge in [0.05, 0.1) is 12.7 Å². The summed E-state index contributed by atoms with van der Waals surface area (Å²) in [4.78, 5) is 0. The fourth-order valence-corrected chi connectivity index (χ4v) is 1.66. The lowest BCUT2D eigenvalue weighted by molar-refractivity contribution is 0.219. The molecule has 1 N–H and O–H groups in total. The molecule has 106 valence electrons. The molecule has 3 heteroatoms. The van der Waals surface area contributed by atoms with Gasteiger partial charge >= 0.3 is 0 Å². The summed E-state index contributed by atoms with van der Waals surface area (Å²) in [5.41, 5.74) is 0. The van der Waals surface area contributed by atoms with Gasteiger partial charge in [-0.1, -0.05) is 18.2 Å². The topological polar surface area (TPSA) is 30.5 Å². The maximum absolute atomic E-state index is 5.77. The summed E-state index contributed by atoms with van der Waals surface area (Å²) >= 11 is 0. The second kappa shape index (κ2) is 9.45. The van der Waals surface area contributed by atoms with Crippen LogP contribution in [0.2, 0.25) is 0 Å². The van der Waals surface area contributed by atoms with Crippen LogP contribution in [0.25, 0.3) is 0 Å². The van der Waals surface area contributed by atoms with Crippen LogP contribution >= 0.6 is 0 Å². The van der Waals surface area contributed by atoms with Crippen LogP contribution < -0.4 is 14.8 Å². The predicted molar refractivity (Wildman–Crippen MR) is 80.0 cm³/mol. The molecule has 0 aromatic heterocycles. The van der Waals surface area contributed by atoms with Crippen molar-refractivity contribution in [3.63, 3.8) is 0 Å². The van der Waals surface area contributed by atoms with Crippen molar-refractivity contribution in [2.75, 3.05) is 19.7 Å². The number of hydrogen-bond acceptors (Lipinski definition) is 3. The van der Waals surface area contributed by atoms with E-state index in [1.807, 2.05) is 44.2 Å². The van der Waals surface area contributed by atoms with Gasteiger partial charge in [-0.05, 0) is 45.4 Å². The first kappa shape index (κ1) is 15.6. The number of para-hydroxylation sites is 2. The number of hydrogen-bond donors (Lipinski definition) is 1. The van der Waals surface area contributed by atoms with Crippen LogP contribution in [-0.4, -0.2) is 25.8 Å². The van der Waals surface area contributed by atoms with E-state index in [1.54, 1.807) is 0 Å². The van der Waals surface area contributed by atoms with Gasteiger partial charge in [0.15, 0.2) is 11.5 Å². The number of ether oxygens (including phenoxy) is 2. The van der Waals surface area contributed by atoms with Crippen molar-refractivity contribution in [3.8, 4) is 11.5 Å². The lowest BCUT2D eigenvalue weighted by Crippen LogP contribution is -2.15. The second-order valence-corrected chi connectivity index (χ2v) is 4.66. The number of rotatable bonds is 10. The van der Waals surface area contributed by atoms with E-state index in [-0.39, 0.29) is 6.10 Å². The Hall–Kier alpha value is -1.48. The zero-order chi connectivity index (χ0) is 13.9. The minimum atomic E-state index is 0.160. The van der Waals surface area contributed by atoms with Crippen molar-refractivity contribution < 1.29 is 9.47 Å². The number of unbranched alkanes of at least 4 members (excludes halogenated alkanes) is 1. The molecule has 0 fully saturated rings. The molecule has 0 unspecified atom stereocenters.